The molecule has 0 spiro atoms. The first-order chi connectivity index (χ1) is 11.6. The molecule has 3 rings (SSSR count). The molecule has 2 N–H and O–H groups in total. The fourth-order valence-electron chi connectivity index (χ4n) is 3.12. The Morgan fingerprint density at radius 3 is 3.08 bits per heavy atom. The Balaban J connectivity index is 1.62. The molecule has 0 saturated carbocycles. The lowest BCUT2D eigenvalue weighted by atomic mass is 9.94. The van der Waals surface area contributed by atoms with Crippen LogP contribution in [0.25, 0.3) is 0 Å². The Morgan fingerprint density at radius 1 is 1.46 bits per heavy atom. The number of urea groups is 1. The molecular formula is C18H24N4O2. The normalized spacial score (nSPS) is 19.1. The van der Waals surface area contributed by atoms with E-state index in [1.807, 2.05) is 41.2 Å². The standard InChI is InChI=1S/C18H24N4O2/c1-14(23)16-6-3-9-21(13-16)18(24)20-17-7-2-5-15(11-17)12-22-10-4-8-19-22/h2,4-5,7-8,10-11,14,16,23H,3,6,9,12-13H2,1H3,(H,20,24). The minimum Gasteiger partial charge on any atom is -0.393 e. The minimum atomic E-state index is -0.377. The third-order valence-corrected chi connectivity index (χ3v) is 4.51. The molecule has 2 amide bonds. The molecule has 1 aromatic heterocycles. The smallest absolute Gasteiger partial charge is 0.321 e. The van der Waals surface area contributed by atoms with E-state index in [0.29, 0.717) is 13.1 Å². The summed E-state index contributed by atoms with van der Waals surface area (Å²) in [5, 5.41) is 16.9. The summed E-state index contributed by atoms with van der Waals surface area (Å²) >= 11 is 0. The Kier molecular flexibility index (Phi) is 5.15. The number of aromatic nitrogens is 2. The third-order valence-electron chi connectivity index (χ3n) is 4.51. The molecule has 1 saturated heterocycles. The fraction of sp³-hybridized carbons (Fsp3) is 0.444. The van der Waals surface area contributed by atoms with Crippen molar-refractivity contribution in [2.75, 3.05) is 18.4 Å². The topological polar surface area (TPSA) is 70.4 Å². The number of anilines is 1. The van der Waals surface area contributed by atoms with Crippen LogP contribution in [0, 0.1) is 5.92 Å². The predicted octanol–water partition coefficient (Wildman–Crippen LogP) is 2.56. The van der Waals surface area contributed by atoms with E-state index >= 15 is 0 Å². The zero-order valence-electron chi connectivity index (χ0n) is 13.9. The quantitative estimate of drug-likeness (QED) is 0.906. The summed E-state index contributed by atoms with van der Waals surface area (Å²) in [4.78, 5) is 14.3. The van der Waals surface area contributed by atoms with Gasteiger partial charge in [-0.1, -0.05) is 12.1 Å². The first-order valence-electron chi connectivity index (χ1n) is 8.42. The molecule has 0 radical (unpaired) electrons. The van der Waals surface area contributed by atoms with Crippen LogP contribution in [0.5, 0.6) is 0 Å². The van der Waals surface area contributed by atoms with Crippen LogP contribution in [-0.4, -0.2) is 45.0 Å². The lowest BCUT2D eigenvalue weighted by Crippen LogP contribution is -2.44. The van der Waals surface area contributed by atoms with Crippen LogP contribution in [0.4, 0.5) is 10.5 Å². The average molecular weight is 328 g/mol. The second-order valence-electron chi connectivity index (χ2n) is 6.42. The number of likely N-dealkylation sites (tertiary alicyclic amines) is 1. The van der Waals surface area contributed by atoms with Gasteiger partial charge in [-0.25, -0.2) is 4.79 Å². The van der Waals surface area contributed by atoms with Crippen molar-refractivity contribution in [1.82, 2.24) is 14.7 Å². The Morgan fingerprint density at radius 2 is 2.33 bits per heavy atom. The monoisotopic (exact) mass is 328 g/mol. The van der Waals surface area contributed by atoms with Gasteiger partial charge < -0.3 is 15.3 Å². The fourth-order valence-corrected chi connectivity index (χ4v) is 3.12. The molecule has 6 heteroatoms. The van der Waals surface area contributed by atoms with Crippen LogP contribution in [0.1, 0.15) is 25.3 Å². The van der Waals surface area contributed by atoms with Gasteiger partial charge in [-0.05, 0) is 43.5 Å². The van der Waals surface area contributed by atoms with Crippen LogP contribution in [-0.2, 0) is 6.54 Å². The number of hydrogen-bond acceptors (Lipinski definition) is 3. The molecule has 1 aromatic carbocycles. The van der Waals surface area contributed by atoms with Gasteiger partial charge in [-0.2, -0.15) is 5.10 Å². The number of hydrogen-bond donors (Lipinski definition) is 2. The van der Waals surface area contributed by atoms with Crippen molar-refractivity contribution in [2.24, 2.45) is 5.92 Å². The number of nitrogens with one attached hydrogen (secondary N) is 1. The molecule has 1 aliphatic rings. The summed E-state index contributed by atoms with van der Waals surface area (Å²) < 4.78 is 1.85. The van der Waals surface area contributed by atoms with Gasteiger partial charge in [-0.15, -0.1) is 0 Å². The van der Waals surface area contributed by atoms with Crippen molar-refractivity contribution in [3.8, 4) is 0 Å². The van der Waals surface area contributed by atoms with Gasteiger partial charge in [0.1, 0.15) is 0 Å². The second kappa shape index (κ2) is 7.49. The highest BCUT2D eigenvalue weighted by molar-refractivity contribution is 5.89. The highest BCUT2D eigenvalue weighted by Crippen LogP contribution is 2.21. The Bertz CT molecular complexity index is 669. The lowest BCUT2D eigenvalue weighted by molar-refractivity contribution is 0.0766. The van der Waals surface area contributed by atoms with Gasteiger partial charge in [-0.3, -0.25) is 4.68 Å². The molecule has 1 aliphatic heterocycles. The van der Waals surface area contributed by atoms with Crippen LogP contribution in [0.15, 0.2) is 42.7 Å². The zero-order valence-corrected chi connectivity index (χ0v) is 13.9. The molecule has 0 bridgehead atoms. The number of aliphatic hydroxyl groups excluding tert-OH is 1. The highest BCUT2D eigenvalue weighted by Gasteiger charge is 2.26. The Hall–Kier alpha value is -2.34. The van der Waals surface area contributed by atoms with Crippen molar-refractivity contribution in [2.45, 2.75) is 32.4 Å². The third kappa shape index (κ3) is 4.14. The maximum Gasteiger partial charge on any atom is 0.321 e. The van der Waals surface area contributed by atoms with Gasteiger partial charge in [0, 0.05) is 37.1 Å². The number of rotatable bonds is 4. The van der Waals surface area contributed by atoms with E-state index in [1.165, 1.54) is 0 Å². The maximum atomic E-state index is 12.5. The predicted molar refractivity (Wildman–Crippen MR) is 92.8 cm³/mol. The summed E-state index contributed by atoms with van der Waals surface area (Å²) in [6.07, 6.45) is 5.19. The van der Waals surface area contributed by atoms with Crippen molar-refractivity contribution in [1.29, 1.82) is 0 Å². The van der Waals surface area contributed by atoms with Crippen molar-refractivity contribution in [3.63, 3.8) is 0 Å². The van der Waals surface area contributed by atoms with Gasteiger partial charge in [0.25, 0.3) is 0 Å². The SMILES string of the molecule is CC(O)C1CCCN(C(=O)Nc2cccc(Cn3cccn3)c2)C1. The summed E-state index contributed by atoms with van der Waals surface area (Å²) in [5.74, 6) is 0.163. The summed E-state index contributed by atoms with van der Waals surface area (Å²) in [6, 6.07) is 9.60. The molecule has 6 nitrogen and oxygen atoms in total. The molecule has 128 valence electrons. The number of piperidine rings is 1. The van der Waals surface area contributed by atoms with E-state index in [2.05, 4.69) is 10.4 Å². The molecular weight excluding hydrogens is 304 g/mol. The molecule has 2 aromatic rings. The Labute approximate surface area is 142 Å². The summed E-state index contributed by atoms with van der Waals surface area (Å²) in [5.41, 5.74) is 1.86. The van der Waals surface area contributed by atoms with Crippen molar-refractivity contribution in [3.05, 3.63) is 48.3 Å². The van der Waals surface area contributed by atoms with Gasteiger partial charge in [0.05, 0.1) is 12.6 Å². The molecule has 1 fully saturated rings. The first-order valence-corrected chi connectivity index (χ1v) is 8.42. The molecule has 24 heavy (non-hydrogen) atoms. The highest BCUT2D eigenvalue weighted by atomic mass is 16.3. The van der Waals surface area contributed by atoms with Crippen LogP contribution in [0.2, 0.25) is 0 Å². The number of aliphatic hydroxyl groups is 1. The second-order valence-corrected chi connectivity index (χ2v) is 6.42. The minimum absolute atomic E-state index is 0.100. The van der Waals surface area contributed by atoms with E-state index in [1.54, 1.807) is 18.0 Å². The van der Waals surface area contributed by atoms with Crippen LogP contribution < -0.4 is 5.32 Å². The van der Waals surface area contributed by atoms with Crippen LogP contribution >= 0.6 is 0 Å². The van der Waals surface area contributed by atoms with Gasteiger partial charge in [0.2, 0.25) is 0 Å². The van der Waals surface area contributed by atoms with E-state index in [4.69, 9.17) is 0 Å². The largest absolute Gasteiger partial charge is 0.393 e. The van der Waals surface area contributed by atoms with E-state index in [0.717, 1.165) is 30.6 Å². The average Bonchev–Trinajstić information content (AvgIpc) is 3.08. The number of carbonyl (C=O) groups excluding carboxylic acids is 1. The molecule has 0 aliphatic carbocycles. The van der Waals surface area contributed by atoms with Gasteiger partial charge in [0.15, 0.2) is 0 Å². The number of benzene rings is 1. The molecule has 2 heterocycles. The van der Waals surface area contributed by atoms with Crippen LogP contribution in [0.3, 0.4) is 0 Å². The molecule has 2 atom stereocenters. The lowest BCUT2D eigenvalue weighted by Gasteiger charge is -2.34. The summed E-state index contributed by atoms with van der Waals surface area (Å²) in [7, 11) is 0. The van der Waals surface area contributed by atoms with Gasteiger partial charge >= 0.3 is 6.03 Å². The number of amides is 2. The number of carbonyl (C=O) groups is 1. The first kappa shape index (κ1) is 16.5. The van der Waals surface area contributed by atoms with Crippen molar-refractivity contribution >= 4 is 11.7 Å². The van der Waals surface area contributed by atoms with E-state index in [9.17, 15) is 9.90 Å². The maximum absolute atomic E-state index is 12.5. The van der Waals surface area contributed by atoms with E-state index in [-0.39, 0.29) is 18.1 Å². The molecule has 2 unspecified atom stereocenters. The number of nitrogens with zero attached hydrogens (tertiary/aromatic N) is 3. The van der Waals surface area contributed by atoms with E-state index < -0.39 is 0 Å². The zero-order chi connectivity index (χ0) is 16.9. The van der Waals surface area contributed by atoms with Crippen molar-refractivity contribution < 1.29 is 9.90 Å². The summed E-state index contributed by atoms with van der Waals surface area (Å²) in [6.45, 7) is 3.81.